The SMILES string of the molecule is Cc1cc2ncc(C(=O)NC(C)(C)C(=O)O)c(C)n2n1. The zero-order valence-corrected chi connectivity index (χ0v) is 11.8. The predicted octanol–water partition coefficient (Wildman–Crippen LogP) is 0.939. The molecule has 0 aromatic carbocycles. The molecule has 20 heavy (non-hydrogen) atoms. The van der Waals surface area contributed by atoms with Crippen molar-refractivity contribution in [2.24, 2.45) is 0 Å². The molecule has 0 bridgehead atoms. The largest absolute Gasteiger partial charge is 0.480 e. The molecule has 0 fully saturated rings. The summed E-state index contributed by atoms with van der Waals surface area (Å²) < 4.78 is 1.57. The van der Waals surface area contributed by atoms with Crippen LogP contribution < -0.4 is 5.32 Å². The molecule has 0 unspecified atom stereocenters. The van der Waals surface area contributed by atoms with Crippen molar-refractivity contribution in [3.05, 3.63) is 29.2 Å². The number of aryl methyl sites for hydroxylation is 2. The van der Waals surface area contributed by atoms with Crippen LogP contribution in [0.15, 0.2) is 12.3 Å². The summed E-state index contributed by atoms with van der Waals surface area (Å²) in [4.78, 5) is 27.4. The minimum Gasteiger partial charge on any atom is -0.480 e. The Morgan fingerprint density at radius 1 is 1.35 bits per heavy atom. The Balaban J connectivity index is 2.40. The summed E-state index contributed by atoms with van der Waals surface area (Å²) in [5.74, 6) is -1.59. The Labute approximate surface area is 115 Å². The second-order valence-electron chi connectivity index (χ2n) is 5.20. The van der Waals surface area contributed by atoms with Gasteiger partial charge in [-0.05, 0) is 27.7 Å². The number of carboxylic acids is 1. The summed E-state index contributed by atoms with van der Waals surface area (Å²) in [5, 5.41) is 15.7. The minimum atomic E-state index is -1.35. The summed E-state index contributed by atoms with van der Waals surface area (Å²) in [7, 11) is 0. The number of hydrogen-bond donors (Lipinski definition) is 2. The molecule has 0 saturated carbocycles. The van der Waals surface area contributed by atoms with Crippen molar-refractivity contribution in [1.82, 2.24) is 19.9 Å². The van der Waals surface area contributed by atoms with E-state index in [0.29, 0.717) is 16.9 Å². The van der Waals surface area contributed by atoms with E-state index in [-0.39, 0.29) is 0 Å². The van der Waals surface area contributed by atoms with Crippen LogP contribution in [0.2, 0.25) is 0 Å². The van der Waals surface area contributed by atoms with Crippen LogP contribution in [0.1, 0.15) is 35.6 Å². The lowest BCUT2D eigenvalue weighted by molar-refractivity contribution is -0.143. The first-order chi connectivity index (χ1) is 9.22. The Hall–Kier alpha value is -2.44. The molecule has 7 nitrogen and oxygen atoms in total. The van der Waals surface area contributed by atoms with Gasteiger partial charge in [-0.3, -0.25) is 4.79 Å². The van der Waals surface area contributed by atoms with Gasteiger partial charge in [0.25, 0.3) is 5.91 Å². The number of amides is 1. The van der Waals surface area contributed by atoms with Gasteiger partial charge in [-0.25, -0.2) is 14.3 Å². The number of nitrogens with zero attached hydrogens (tertiary/aromatic N) is 3. The van der Waals surface area contributed by atoms with Crippen LogP contribution in [0.4, 0.5) is 0 Å². The number of fused-ring (bicyclic) bond motifs is 1. The molecule has 0 radical (unpaired) electrons. The van der Waals surface area contributed by atoms with Crippen LogP contribution >= 0.6 is 0 Å². The number of nitrogens with one attached hydrogen (secondary N) is 1. The van der Waals surface area contributed by atoms with Crippen LogP contribution in [-0.2, 0) is 4.79 Å². The first-order valence-electron chi connectivity index (χ1n) is 6.10. The molecular weight excluding hydrogens is 260 g/mol. The summed E-state index contributed by atoms with van der Waals surface area (Å²) in [6.07, 6.45) is 1.43. The summed E-state index contributed by atoms with van der Waals surface area (Å²) >= 11 is 0. The minimum absolute atomic E-state index is 0.301. The van der Waals surface area contributed by atoms with Crippen LogP contribution in [0, 0.1) is 13.8 Å². The van der Waals surface area contributed by atoms with Crippen LogP contribution in [-0.4, -0.2) is 37.1 Å². The average Bonchev–Trinajstić information content (AvgIpc) is 2.70. The second-order valence-corrected chi connectivity index (χ2v) is 5.20. The molecule has 2 aromatic heterocycles. The smallest absolute Gasteiger partial charge is 0.328 e. The number of aromatic nitrogens is 3. The number of rotatable bonds is 3. The molecule has 0 saturated heterocycles. The molecular formula is C13H16N4O3. The number of carbonyl (C=O) groups excluding carboxylic acids is 1. The maximum Gasteiger partial charge on any atom is 0.328 e. The third-order valence-corrected chi connectivity index (χ3v) is 3.05. The van der Waals surface area contributed by atoms with Gasteiger partial charge in [-0.2, -0.15) is 5.10 Å². The van der Waals surface area contributed by atoms with Gasteiger partial charge in [0.05, 0.1) is 17.0 Å². The third-order valence-electron chi connectivity index (χ3n) is 3.05. The van der Waals surface area contributed by atoms with E-state index in [0.717, 1.165) is 5.69 Å². The Bertz CT molecular complexity index is 703. The molecule has 0 atom stereocenters. The van der Waals surface area contributed by atoms with Crippen LogP contribution in [0.5, 0.6) is 0 Å². The Morgan fingerprint density at radius 2 is 2.00 bits per heavy atom. The molecule has 2 aromatic rings. The topological polar surface area (TPSA) is 96.6 Å². The van der Waals surface area contributed by atoms with E-state index in [9.17, 15) is 9.59 Å². The van der Waals surface area contributed by atoms with Gasteiger partial charge in [-0.15, -0.1) is 0 Å². The zero-order valence-electron chi connectivity index (χ0n) is 11.8. The van der Waals surface area contributed by atoms with Gasteiger partial charge in [0, 0.05) is 12.3 Å². The van der Waals surface area contributed by atoms with Crippen LogP contribution in [0.25, 0.3) is 5.65 Å². The quantitative estimate of drug-likeness (QED) is 0.869. The number of aliphatic carboxylic acids is 1. The van der Waals surface area contributed by atoms with E-state index < -0.39 is 17.4 Å². The molecule has 106 valence electrons. The first kappa shape index (κ1) is 14.0. The highest BCUT2D eigenvalue weighted by Crippen LogP contribution is 2.12. The normalized spacial score (nSPS) is 11.6. The highest BCUT2D eigenvalue weighted by Gasteiger charge is 2.30. The lowest BCUT2D eigenvalue weighted by Crippen LogP contribution is -2.49. The van der Waals surface area contributed by atoms with Gasteiger partial charge < -0.3 is 10.4 Å². The van der Waals surface area contributed by atoms with Crippen molar-refractivity contribution in [3.63, 3.8) is 0 Å². The maximum atomic E-state index is 12.2. The van der Waals surface area contributed by atoms with Gasteiger partial charge in [0.2, 0.25) is 0 Å². The highest BCUT2D eigenvalue weighted by atomic mass is 16.4. The highest BCUT2D eigenvalue weighted by molar-refractivity contribution is 5.98. The predicted molar refractivity (Wildman–Crippen MR) is 71.6 cm³/mol. The molecule has 2 heterocycles. The van der Waals surface area contributed by atoms with Crippen molar-refractivity contribution in [3.8, 4) is 0 Å². The Morgan fingerprint density at radius 3 is 2.60 bits per heavy atom. The fraction of sp³-hybridized carbons (Fsp3) is 0.385. The standard InChI is InChI=1S/C13H16N4O3/c1-7-5-10-14-6-9(8(2)17(10)16-7)11(18)15-13(3,4)12(19)20/h5-6H,1-4H3,(H,15,18)(H,19,20). The van der Waals surface area contributed by atoms with Gasteiger partial charge in [-0.1, -0.05) is 0 Å². The van der Waals surface area contributed by atoms with Crippen molar-refractivity contribution in [1.29, 1.82) is 0 Å². The number of hydrogen-bond acceptors (Lipinski definition) is 4. The lowest BCUT2D eigenvalue weighted by Gasteiger charge is -2.21. The monoisotopic (exact) mass is 276 g/mol. The molecule has 0 aliphatic rings. The molecule has 0 aliphatic carbocycles. The van der Waals surface area contributed by atoms with Crippen LogP contribution in [0.3, 0.4) is 0 Å². The van der Waals surface area contributed by atoms with Gasteiger partial charge in [0.15, 0.2) is 5.65 Å². The maximum absolute atomic E-state index is 12.2. The lowest BCUT2D eigenvalue weighted by atomic mass is 10.1. The summed E-state index contributed by atoms with van der Waals surface area (Å²) in [6, 6.07) is 1.80. The number of carboxylic acid groups (broad SMARTS) is 1. The van der Waals surface area contributed by atoms with E-state index in [2.05, 4.69) is 15.4 Å². The average molecular weight is 276 g/mol. The van der Waals surface area contributed by atoms with E-state index in [1.807, 2.05) is 6.92 Å². The number of carbonyl (C=O) groups is 2. The first-order valence-corrected chi connectivity index (χ1v) is 6.10. The second kappa shape index (κ2) is 4.59. The van der Waals surface area contributed by atoms with E-state index in [1.54, 1.807) is 17.5 Å². The molecule has 2 N–H and O–H groups in total. The molecule has 2 rings (SSSR count). The van der Waals surface area contributed by atoms with Crippen molar-refractivity contribution in [2.75, 3.05) is 0 Å². The summed E-state index contributed by atoms with van der Waals surface area (Å²) in [6.45, 7) is 6.42. The Kier molecular flexibility index (Phi) is 3.21. The fourth-order valence-corrected chi connectivity index (χ4v) is 1.79. The van der Waals surface area contributed by atoms with E-state index in [4.69, 9.17) is 5.11 Å². The molecule has 0 aliphatic heterocycles. The van der Waals surface area contributed by atoms with E-state index >= 15 is 0 Å². The molecule has 1 amide bonds. The van der Waals surface area contributed by atoms with E-state index in [1.165, 1.54) is 20.0 Å². The molecule has 0 spiro atoms. The molecule has 7 heteroatoms. The third kappa shape index (κ3) is 2.34. The van der Waals surface area contributed by atoms with Gasteiger partial charge >= 0.3 is 5.97 Å². The zero-order chi connectivity index (χ0) is 15.1. The summed E-state index contributed by atoms with van der Waals surface area (Å²) in [5.41, 5.74) is 1.01. The van der Waals surface area contributed by atoms with Crippen molar-refractivity contribution < 1.29 is 14.7 Å². The van der Waals surface area contributed by atoms with Crippen molar-refractivity contribution in [2.45, 2.75) is 33.2 Å². The van der Waals surface area contributed by atoms with Crippen molar-refractivity contribution >= 4 is 17.5 Å². The van der Waals surface area contributed by atoms with Gasteiger partial charge in [0.1, 0.15) is 5.54 Å². The fourth-order valence-electron chi connectivity index (χ4n) is 1.79.